The molecule has 0 rings (SSSR count). The number of alkyl carbamates (subject to hydrolysis) is 2. The van der Waals surface area contributed by atoms with Crippen molar-refractivity contribution in [1.82, 2.24) is 10.6 Å². The van der Waals surface area contributed by atoms with Gasteiger partial charge in [0.1, 0.15) is 6.10 Å². The van der Waals surface area contributed by atoms with Crippen LogP contribution in [0.4, 0.5) is 9.59 Å². The van der Waals surface area contributed by atoms with E-state index in [1.54, 1.807) is 6.92 Å². The third-order valence-electron chi connectivity index (χ3n) is 2.36. The summed E-state index contributed by atoms with van der Waals surface area (Å²) in [4.78, 5) is 22.2. The van der Waals surface area contributed by atoms with Crippen LogP contribution in [0.5, 0.6) is 0 Å². The standard InChI is InChI=1S/C12H23ClN2O4/c1-10(9-15-11(16)18-2)19-12(17)14-8-6-4-3-5-7-13/h10H,3-9H2,1-2H3,(H,14,17)(H,15,16)/t10-/m0/s1. The molecule has 1 atom stereocenters. The van der Waals surface area contributed by atoms with Gasteiger partial charge in [-0.2, -0.15) is 0 Å². The van der Waals surface area contributed by atoms with Gasteiger partial charge >= 0.3 is 12.2 Å². The number of hydrogen-bond acceptors (Lipinski definition) is 4. The monoisotopic (exact) mass is 294 g/mol. The molecule has 0 fully saturated rings. The number of methoxy groups -OCH3 is 1. The van der Waals surface area contributed by atoms with Gasteiger partial charge in [0.15, 0.2) is 0 Å². The molecule has 0 spiro atoms. The minimum absolute atomic E-state index is 0.218. The van der Waals surface area contributed by atoms with E-state index in [9.17, 15) is 9.59 Å². The van der Waals surface area contributed by atoms with Crippen molar-refractivity contribution in [1.29, 1.82) is 0 Å². The van der Waals surface area contributed by atoms with Gasteiger partial charge in [-0.05, 0) is 19.8 Å². The number of ether oxygens (including phenoxy) is 2. The normalized spacial score (nSPS) is 11.5. The number of carbonyl (C=O) groups excluding carboxylic acids is 2. The summed E-state index contributed by atoms with van der Waals surface area (Å²) >= 11 is 5.56. The fourth-order valence-electron chi connectivity index (χ4n) is 1.33. The maximum Gasteiger partial charge on any atom is 0.407 e. The number of halogens is 1. The number of rotatable bonds is 9. The quantitative estimate of drug-likeness (QED) is 0.505. The predicted octanol–water partition coefficient (Wildman–Crippen LogP) is 2.26. The van der Waals surface area contributed by atoms with Crippen molar-refractivity contribution in [3.8, 4) is 0 Å². The maximum atomic E-state index is 11.4. The van der Waals surface area contributed by atoms with E-state index >= 15 is 0 Å². The van der Waals surface area contributed by atoms with Crippen molar-refractivity contribution < 1.29 is 19.1 Å². The summed E-state index contributed by atoms with van der Waals surface area (Å²) < 4.78 is 9.43. The second-order valence-electron chi connectivity index (χ2n) is 4.12. The smallest absolute Gasteiger partial charge is 0.407 e. The molecule has 0 aliphatic carbocycles. The molecule has 0 saturated heterocycles. The van der Waals surface area contributed by atoms with E-state index in [1.807, 2.05) is 0 Å². The molecule has 7 heteroatoms. The van der Waals surface area contributed by atoms with E-state index in [0.717, 1.165) is 25.7 Å². The van der Waals surface area contributed by atoms with Crippen LogP contribution >= 0.6 is 11.6 Å². The molecule has 0 heterocycles. The lowest BCUT2D eigenvalue weighted by molar-refractivity contribution is 0.103. The zero-order valence-corrected chi connectivity index (χ0v) is 12.3. The summed E-state index contributed by atoms with van der Waals surface area (Å²) in [5.41, 5.74) is 0. The second kappa shape index (κ2) is 11.9. The van der Waals surface area contributed by atoms with Gasteiger partial charge in [-0.3, -0.25) is 0 Å². The number of nitrogens with one attached hydrogen (secondary N) is 2. The number of alkyl halides is 1. The van der Waals surface area contributed by atoms with Crippen LogP contribution < -0.4 is 10.6 Å². The van der Waals surface area contributed by atoms with Crippen molar-refractivity contribution in [2.45, 2.75) is 38.7 Å². The molecule has 0 bridgehead atoms. The van der Waals surface area contributed by atoms with Gasteiger partial charge in [-0.15, -0.1) is 11.6 Å². The van der Waals surface area contributed by atoms with Crippen molar-refractivity contribution >= 4 is 23.8 Å². The Bertz CT molecular complexity index is 264. The Morgan fingerprint density at radius 3 is 2.42 bits per heavy atom. The highest BCUT2D eigenvalue weighted by atomic mass is 35.5. The number of unbranched alkanes of at least 4 members (excludes halogenated alkanes) is 3. The van der Waals surface area contributed by atoms with Crippen molar-refractivity contribution in [2.24, 2.45) is 0 Å². The SMILES string of the molecule is COC(=O)NC[C@H](C)OC(=O)NCCCCCCCl. The number of amides is 2. The molecule has 0 aromatic carbocycles. The molecular formula is C12H23ClN2O4. The van der Waals surface area contributed by atoms with E-state index in [4.69, 9.17) is 16.3 Å². The Morgan fingerprint density at radius 2 is 1.79 bits per heavy atom. The summed E-state index contributed by atoms with van der Waals surface area (Å²) in [5, 5.41) is 5.10. The lowest BCUT2D eigenvalue weighted by Gasteiger charge is -2.14. The number of hydrogen-bond donors (Lipinski definition) is 2. The Kier molecular flexibility index (Phi) is 11.2. The van der Waals surface area contributed by atoms with Crippen LogP contribution in [0.2, 0.25) is 0 Å². The molecule has 0 aliphatic rings. The molecule has 0 saturated carbocycles. The van der Waals surface area contributed by atoms with Crippen LogP contribution in [0.3, 0.4) is 0 Å². The zero-order valence-electron chi connectivity index (χ0n) is 11.5. The lowest BCUT2D eigenvalue weighted by atomic mass is 10.2. The van der Waals surface area contributed by atoms with E-state index < -0.39 is 18.3 Å². The van der Waals surface area contributed by atoms with E-state index in [1.165, 1.54) is 7.11 Å². The minimum Gasteiger partial charge on any atom is -0.453 e. The van der Waals surface area contributed by atoms with Crippen molar-refractivity contribution in [3.63, 3.8) is 0 Å². The van der Waals surface area contributed by atoms with Crippen LogP contribution in [0.25, 0.3) is 0 Å². The van der Waals surface area contributed by atoms with Crippen molar-refractivity contribution in [2.75, 3.05) is 26.1 Å². The minimum atomic E-state index is -0.546. The molecule has 112 valence electrons. The lowest BCUT2D eigenvalue weighted by Crippen LogP contribution is -2.36. The molecule has 6 nitrogen and oxygen atoms in total. The van der Waals surface area contributed by atoms with E-state index in [0.29, 0.717) is 12.4 Å². The summed E-state index contributed by atoms with van der Waals surface area (Å²) in [6.45, 7) is 2.49. The van der Waals surface area contributed by atoms with Gasteiger partial charge < -0.3 is 20.1 Å². The third-order valence-corrected chi connectivity index (χ3v) is 2.62. The van der Waals surface area contributed by atoms with Gasteiger partial charge in [0.2, 0.25) is 0 Å². The average molecular weight is 295 g/mol. The summed E-state index contributed by atoms with van der Waals surface area (Å²) in [5.74, 6) is 0.681. The summed E-state index contributed by atoms with van der Waals surface area (Å²) in [6.07, 6.45) is 2.58. The largest absolute Gasteiger partial charge is 0.453 e. The first-order chi connectivity index (χ1) is 9.10. The average Bonchev–Trinajstić information content (AvgIpc) is 2.39. The summed E-state index contributed by atoms with van der Waals surface area (Å²) in [7, 11) is 1.28. The number of carbonyl (C=O) groups is 2. The fourth-order valence-corrected chi connectivity index (χ4v) is 1.52. The fraction of sp³-hybridized carbons (Fsp3) is 0.833. The maximum absolute atomic E-state index is 11.4. The van der Waals surface area contributed by atoms with Crippen LogP contribution in [-0.2, 0) is 9.47 Å². The summed E-state index contributed by atoms with van der Waals surface area (Å²) in [6, 6.07) is 0. The molecule has 2 N–H and O–H groups in total. The molecule has 2 amide bonds. The van der Waals surface area contributed by atoms with Crippen LogP contribution in [0, 0.1) is 0 Å². The molecular weight excluding hydrogens is 272 g/mol. The molecule has 19 heavy (non-hydrogen) atoms. The Labute approximate surface area is 119 Å². The van der Waals surface area contributed by atoms with Gasteiger partial charge in [0.25, 0.3) is 0 Å². The predicted molar refractivity (Wildman–Crippen MR) is 73.5 cm³/mol. The molecule has 0 aliphatic heterocycles. The topological polar surface area (TPSA) is 76.7 Å². The molecule has 0 aromatic rings. The first-order valence-electron chi connectivity index (χ1n) is 6.42. The first-order valence-corrected chi connectivity index (χ1v) is 6.95. The molecule has 0 unspecified atom stereocenters. The highest BCUT2D eigenvalue weighted by molar-refractivity contribution is 6.17. The highest BCUT2D eigenvalue weighted by Crippen LogP contribution is 2.00. The Hall–Kier alpha value is -1.17. The Balaban J connectivity index is 3.49. The first kappa shape index (κ1) is 17.8. The molecule has 0 radical (unpaired) electrons. The second-order valence-corrected chi connectivity index (χ2v) is 4.50. The van der Waals surface area contributed by atoms with Crippen molar-refractivity contribution in [3.05, 3.63) is 0 Å². The van der Waals surface area contributed by atoms with Gasteiger partial charge in [0, 0.05) is 12.4 Å². The zero-order chi connectivity index (χ0) is 14.5. The van der Waals surface area contributed by atoms with Gasteiger partial charge in [-0.1, -0.05) is 12.8 Å². The Morgan fingerprint density at radius 1 is 1.11 bits per heavy atom. The van der Waals surface area contributed by atoms with Gasteiger partial charge in [-0.25, -0.2) is 9.59 Å². The third kappa shape index (κ3) is 11.6. The molecule has 0 aromatic heterocycles. The van der Waals surface area contributed by atoms with Gasteiger partial charge in [0.05, 0.1) is 13.7 Å². The highest BCUT2D eigenvalue weighted by Gasteiger charge is 2.10. The van der Waals surface area contributed by atoms with E-state index in [-0.39, 0.29) is 6.54 Å². The van der Waals surface area contributed by atoms with Crippen LogP contribution in [0.1, 0.15) is 32.6 Å². The van der Waals surface area contributed by atoms with Crippen LogP contribution in [-0.4, -0.2) is 44.4 Å². The van der Waals surface area contributed by atoms with E-state index in [2.05, 4.69) is 15.4 Å². The van der Waals surface area contributed by atoms with Crippen LogP contribution in [0.15, 0.2) is 0 Å².